The lowest BCUT2D eigenvalue weighted by atomic mass is 9.99. The van der Waals surface area contributed by atoms with Gasteiger partial charge in [0.2, 0.25) is 5.91 Å². The molecule has 0 saturated heterocycles. The standard InChI is InChI=1S/C28H21ClN4O4S/c1-17(27(34)31-21-9-11-22(12-10-21)33(35)36)38-28-25(16-30)24(18-3-7-20(29)8-4-18)15-26(32-28)19-5-13-23(37-2)14-6-19/h3-15,17H,1-2H3,(H,31,34)/t17-/m0/s1. The van der Waals surface area contributed by atoms with Gasteiger partial charge in [-0.3, -0.25) is 14.9 Å². The molecule has 0 radical (unpaired) electrons. The Balaban J connectivity index is 1.69. The highest BCUT2D eigenvalue weighted by molar-refractivity contribution is 8.00. The molecule has 0 aliphatic rings. The topological polar surface area (TPSA) is 118 Å². The molecule has 0 saturated carbocycles. The molecular weight excluding hydrogens is 524 g/mol. The monoisotopic (exact) mass is 544 g/mol. The molecule has 1 heterocycles. The number of carbonyl (C=O) groups excluding carboxylic acids is 1. The average molecular weight is 545 g/mol. The van der Waals surface area contributed by atoms with E-state index in [0.29, 0.717) is 38.3 Å². The molecule has 4 rings (SSSR count). The van der Waals surface area contributed by atoms with Gasteiger partial charge < -0.3 is 10.1 Å². The molecule has 38 heavy (non-hydrogen) atoms. The van der Waals surface area contributed by atoms with E-state index in [9.17, 15) is 20.2 Å². The number of anilines is 1. The predicted octanol–water partition coefficient (Wildman–Crippen LogP) is 6.98. The minimum Gasteiger partial charge on any atom is -0.497 e. The number of nitro benzene ring substituents is 1. The molecule has 1 atom stereocenters. The second kappa shape index (κ2) is 11.8. The summed E-state index contributed by atoms with van der Waals surface area (Å²) in [6.45, 7) is 1.70. The molecule has 0 unspecified atom stereocenters. The Bertz CT molecular complexity index is 1520. The molecule has 0 spiro atoms. The van der Waals surface area contributed by atoms with Crippen LogP contribution in [0.4, 0.5) is 11.4 Å². The lowest BCUT2D eigenvalue weighted by Crippen LogP contribution is -2.22. The molecule has 4 aromatic rings. The van der Waals surface area contributed by atoms with Gasteiger partial charge in [-0.25, -0.2) is 4.98 Å². The van der Waals surface area contributed by atoms with E-state index in [4.69, 9.17) is 21.3 Å². The van der Waals surface area contributed by atoms with E-state index in [2.05, 4.69) is 11.4 Å². The highest BCUT2D eigenvalue weighted by atomic mass is 35.5. The summed E-state index contributed by atoms with van der Waals surface area (Å²) in [4.78, 5) is 28.1. The number of hydrogen-bond acceptors (Lipinski definition) is 7. The van der Waals surface area contributed by atoms with E-state index < -0.39 is 10.2 Å². The smallest absolute Gasteiger partial charge is 0.269 e. The van der Waals surface area contributed by atoms with Crippen LogP contribution in [-0.4, -0.2) is 28.2 Å². The third kappa shape index (κ3) is 6.11. The SMILES string of the molecule is COc1ccc(-c2cc(-c3ccc(Cl)cc3)c(C#N)c(S[C@@H](C)C(=O)Nc3ccc([N+](=O)[O-])cc3)n2)cc1. The first-order valence-electron chi connectivity index (χ1n) is 11.4. The summed E-state index contributed by atoms with van der Waals surface area (Å²) in [5, 5.41) is 24.1. The first kappa shape index (κ1) is 26.7. The zero-order valence-corrected chi connectivity index (χ0v) is 21.9. The van der Waals surface area contributed by atoms with Gasteiger partial charge in [0.05, 0.1) is 28.5 Å². The fourth-order valence-corrected chi connectivity index (χ4v) is 4.66. The highest BCUT2D eigenvalue weighted by Crippen LogP contribution is 2.36. The molecule has 1 N–H and O–H groups in total. The zero-order chi connectivity index (χ0) is 27.2. The van der Waals surface area contributed by atoms with Crippen molar-refractivity contribution in [3.8, 4) is 34.2 Å². The van der Waals surface area contributed by atoms with Crippen LogP contribution in [0.2, 0.25) is 5.02 Å². The van der Waals surface area contributed by atoms with E-state index in [1.807, 2.05) is 42.5 Å². The molecule has 10 heteroatoms. The minimum absolute atomic E-state index is 0.0710. The number of ether oxygens (including phenoxy) is 1. The maximum atomic E-state index is 12.9. The lowest BCUT2D eigenvalue weighted by molar-refractivity contribution is -0.384. The number of pyridine rings is 1. The van der Waals surface area contributed by atoms with Crippen molar-refractivity contribution in [1.29, 1.82) is 5.26 Å². The largest absolute Gasteiger partial charge is 0.497 e. The average Bonchev–Trinajstić information content (AvgIpc) is 2.93. The van der Waals surface area contributed by atoms with Crippen molar-refractivity contribution in [3.05, 3.63) is 99.6 Å². The quantitative estimate of drug-likeness (QED) is 0.144. The molecule has 0 bridgehead atoms. The summed E-state index contributed by atoms with van der Waals surface area (Å²) in [5.41, 5.74) is 3.58. The van der Waals surface area contributed by atoms with E-state index in [0.717, 1.165) is 22.9 Å². The highest BCUT2D eigenvalue weighted by Gasteiger charge is 2.22. The first-order chi connectivity index (χ1) is 18.3. The number of thioether (sulfide) groups is 1. The summed E-state index contributed by atoms with van der Waals surface area (Å²) in [5.74, 6) is 0.365. The Morgan fingerprint density at radius 2 is 1.71 bits per heavy atom. The van der Waals surface area contributed by atoms with E-state index in [1.165, 1.54) is 24.3 Å². The van der Waals surface area contributed by atoms with Crippen LogP contribution in [0.1, 0.15) is 12.5 Å². The summed E-state index contributed by atoms with van der Waals surface area (Å²) in [6.07, 6.45) is 0. The second-order valence-electron chi connectivity index (χ2n) is 8.14. The Hall–Kier alpha value is -4.39. The molecule has 8 nitrogen and oxygen atoms in total. The number of amides is 1. The Morgan fingerprint density at radius 3 is 2.29 bits per heavy atom. The number of methoxy groups -OCH3 is 1. The summed E-state index contributed by atoms with van der Waals surface area (Å²) < 4.78 is 5.26. The van der Waals surface area contributed by atoms with Gasteiger partial charge in [-0.05, 0) is 67.1 Å². The number of halogens is 1. The number of rotatable bonds is 8. The number of non-ortho nitro benzene ring substituents is 1. The first-order valence-corrected chi connectivity index (χ1v) is 12.6. The van der Waals surface area contributed by atoms with Crippen LogP contribution in [0.3, 0.4) is 0 Å². The number of nitro groups is 1. The van der Waals surface area contributed by atoms with Crippen molar-refractivity contribution in [2.45, 2.75) is 17.2 Å². The Labute approximate surface area is 228 Å². The number of carbonyl (C=O) groups is 1. The summed E-state index contributed by atoms with van der Waals surface area (Å²) in [6, 6.07) is 24.2. The molecule has 0 aliphatic carbocycles. The van der Waals surface area contributed by atoms with E-state index in [1.54, 1.807) is 26.2 Å². The summed E-state index contributed by atoms with van der Waals surface area (Å²) >= 11 is 7.24. The van der Waals surface area contributed by atoms with Crippen molar-refractivity contribution in [2.24, 2.45) is 0 Å². The van der Waals surface area contributed by atoms with Gasteiger partial charge in [-0.15, -0.1) is 0 Å². The van der Waals surface area contributed by atoms with Crippen LogP contribution >= 0.6 is 23.4 Å². The maximum Gasteiger partial charge on any atom is 0.269 e. The second-order valence-corrected chi connectivity index (χ2v) is 9.90. The zero-order valence-electron chi connectivity index (χ0n) is 20.3. The molecular formula is C28H21ClN4O4S. The number of nitrogens with zero attached hydrogens (tertiary/aromatic N) is 3. The van der Waals surface area contributed by atoms with E-state index >= 15 is 0 Å². The van der Waals surface area contributed by atoms with Gasteiger partial charge in [-0.2, -0.15) is 5.26 Å². The van der Waals surface area contributed by atoms with E-state index in [-0.39, 0.29) is 11.6 Å². The van der Waals surface area contributed by atoms with Crippen LogP contribution in [0.5, 0.6) is 5.75 Å². The summed E-state index contributed by atoms with van der Waals surface area (Å²) in [7, 11) is 1.59. The molecule has 0 fully saturated rings. The van der Waals surface area contributed by atoms with Gasteiger partial charge in [0.1, 0.15) is 16.8 Å². The molecule has 1 amide bonds. The van der Waals surface area contributed by atoms with Crippen molar-refractivity contribution in [2.75, 3.05) is 12.4 Å². The van der Waals surface area contributed by atoms with Crippen LogP contribution in [0.25, 0.3) is 22.4 Å². The normalized spacial score (nSPS) is 11.3. The number of nitriles is 1. The van der Waals surface area contributed by atoms with Gasteiger partial charge >= 0.3 is 0 Å². The number of benzene rings is 3. The van der Waals surface area contributed by atoms with Crippen LogP contribution in [0.15, 0.2) is 83.9 Å². The predicted molar refractivity (Wildman–Crippen MR) is 148 cm³/mol. The van der Waals surface area contributed by atoms with Gasteiger partial charge in [-0.1, -0.05) is 35.5 Å². The Kier molecular flexibility index (Phi) is 8.26. The number of hydrogen-bond donors (Lipinski definition) is 1. The minimum atomic E-state index is -0.631. The molecule has 3 aromatic carbocycles. The van der Waals surface area contributed by atoms with Crippen LogP contribution < -0.4 is 10.1 Å². The van der Waals surface area contributed by atoms with Gasteiger partial charge in [0.25, 0.3) is 5.69 Å². The third-order valence-electron chi connectivity index (χ3n) is 5.64. The number of nitrogens with one attached hydrogen (secondary N) is 1. The maximum absolute atomic E-state index is 12.9. The molecule has 0 aliphatic heterocycles. The van der Waals surface area contributed by atoms with Crippen molar-refractivity contribution >= 4 is 40.6 Å². The van der Waals surface area contributed by atoms with Gasteiger partial charge in [0, 0.05) is 34.0 Å². The fraction of sp³-hybridized carbons (Fsp3) is 0.107. The fourth-order valence-electron chi connectivity index (χ4n) is 3.61. The molecule has 190 valence electrons. The Morgan fingerprint density at radius 1 is 1.08 bits per heavy atom. The van der Waals surface area contributed by atoms with Crippen molar-refractivity contribution in [1.82, 2.24) is 4.98 Å². The van der Waals surface area contributed by atoms with Crippen LogP contribution in [-0.2, 0) is 4.79 Å². The van der Waals surface area contributed by atoms with Crippen molar-refractivity contribution < 1.29 is 14.5 Å². The number of aromatic nitrogens is 1. The lowest BCUT2D eigenvalue weighted by Gasteiger charge is -2.16. The van der Waals surface area contributed by atoms with Crippen molar-refractivity contribution in [3.63, 3.8) is 0 Å². The third-order valence-corrected chi connectivity index (χ3v) is 6.98. The van der Waals surface area contributed by atoms with Gasteiger partial charge in [0.15, 0.2) is 0 Å². The van der Waals surface area contributed by atoms with Crippen LogP contribution in [0, 0.1) is 21.4 Å². The molecule has 1 aromatic heterocycles.